The minimum atomic E-state index is -1.31. The smallest absolute Gasteiger partial charge is 0.248 e. The number of carbonyl (C=O) groups is 2. The number of rotatable bonds is 7. The normalized spacial score (nSPS) is 12.1. The van der Waals surface area contributed by atoms with E-state index < -0.39 is 12.0 Å². The van der Waals surface area contributed by atoms with E-state index in [1.807, 2.05) is 17.5 Å². The number of aryl methyl sites for hydroxylation is 1. The Bertz CT molecular complexity index is 365. The second-order valence-electron chi connectivity index (χ2n) is 3.66. The number of nitrogens with one attached hydrogen (secondary N) is 1. The molecule has 0 aliphatic heterocycles. The minimum absolute atomic E-state index is 0.118. The van der Waals surface area contributed by atoms with Crippen molar-refractivity contribution in [1.29, 1.82) is 0 Å². The van der Waals surface area contributed by atoms with E-state index in [-0.39, 0.29) is 12.5 Å². The van der Waals surface area contributed by atoms with Crippen LogP contribution in [0.2, 0.25) is 0 Å². The van der Waals surface area contributed by atoms with Crippen molar-refractivity contribution in [2.24, 2.45) is 5.73 Å². The summed E-state index contributed by atoms with van der Waals surface area (Å²) in [4.78, 5) is 23.1. The van der Waals surface area contributed by atoms with Gasteiger partial charge in [0.1, 0.15) is 6.10 Å². The first kappa shape index (κ1) is 13.7. The van der Waals surface area contributed by atoms with Crippen LogP contribution in [0.3, 0.4) is 0 Å². The number of hydrogen-bond acceptors (Lipinski definition) is 4. The van der Waals surface area contributed by atoms with Crippen molar-refractivity contribution < 1.29 is 14.7 Å². The van der Waals surface area contributed by atoms with Gasteiger partial charge in [0.2, 0.25) is 11.8 Å². The minimum Gasteiger partial charge on any atom is -0.381 e. The number of nitrogens with two attached hydrogens (primary N) is 1. The average Bonchev–Trinajstić information content (AvgIpc) is 2.78. The molecule has 0 aliphatic carbocycles. The Kier molecular flexibility index (Phi) is 5.65. The second kappa shape index (κ2) is 7.03. The van der Waals surface area contributed by atoms with Gasteiger partial charge in [-0.3, -0.25) is 9.59 Å². The number of aliphatic hydroxyl groups is 1. The van der Waals surface area contributed by atoms with Crippen LogP contribution >= 0.6 is 11.3 Å². The highest BCUT2D eigenvalue weighted by atomic mass is 32.1. The van der Waals surface area contributed by atoms with Crippen LogP contribution in [0.1, 0.15) is 17.7 Å². The van der Waals surface area contributed by atoms with E-state index in [1.165, 1.54) is 4.88 Å². The lowest BCUT2D eigenvalue weighted by atomic mass is 10.2. The first-order valence-corrected chi connectivity index (χ1v) is 6.24. The Morgan fingerprint density at radius 1 is 1.53 bits per heavy atom. The van der Waals surface area contributed by atoms with Gasteiger partial charge in [0.15, 0.2) is 0 Å². The van der Waals surface area contributed by atoms with E-state index in [4.69, 9.17) is 10.8 Å². The number of aliphatic hydroxyl groups excluding tert-OH is 1. The lowest BCUT2D eigenvalue weighted by Crippen LogP contribution is -2.39. The van der Waals surface area contributed by atoms with Crippen LogP contribution < -0.4 is 11.1 Å². The zero-order valence-corrected chi connectivity index (χ0v) is 10.2. The van der Waals surface area contributed by atoms with Gasteiger partial charge in [-0.2, -0.15) is 0 Å². The molecule has 2 amide bonds. The first-order chi connectivity index (χ1) is 8.09. The Balaban J connectivity index is 2.11. The summed E-state index contributed by atoms with van der Waals surface area (Å²) in [6, 6.07) is 4.00. The van der Waals surface area contributed by atoms with Crippen molar-refractivity contribution in [1.82, 2.24) is 5.32 Å². The summed E-state index contributed by atoms with van der Waals surface area (Å²) in [7, 11) is 0. The maximum Gasteiger partial charge on any atom is 0.248 e. The van der Waals surface area contributed by atoms with Crippen molar-refractivity contribution >= 4 is 23.2 Å². The molecule has 0 aromatic carbocycles. The lowest BCUT2D eigenvalue weighted by Gasteiger charge is -2.08. The van der Waals surface area contributed by atoms with Gasteiger partial charge in [-0.15, -0.1) is 11.3 Å². The van der Waals surface area contributed by atoms with Crippen LogP contribution in [-0.4, -0.2) is 29.6 Å². The fourth-order valence-electron chi connectivity index (χ4n) is 1.28. The zero-order chi connectivity index (χ0) is 12.7. The summed E-state index contributed by atoms with van der Waals surface area (Å²) in [5.41, 5.74) is 4.85. The summed E-state index contributed by atoms with van der Waals surface area (Å²) < 4.78 is 0. The maximum absolute atomic E-state index is 11.3. The lowest BCUT2D eigenvalue weighted by molar-refractivity contribution is -0.127. The summed E-state index contributed by atoms with van der Waals surface area (Å²) in [6.45, 7) is -0.118. The molecule has 94 valence electrons. The highest BCUT2D eigenvalue weighted by molar-refractivity contribution is 7.09. The molecule has 1 atom stereocenters. The molecule has 0 fully saturated rings. The largest absolute Gasteiger partial charge is 0.381 e. The SMILES string of the molecule is NC(=O)C(O)CNC(=O)CCCc1cccs1. The van der Waals surface area contributed by atoms with E-state index in [0.29, 0.717) is 6.42 Å². The molecule has 6 heteroatoms. The number of hydrogen-bond donors (Lipinski definition) is 3. The van der Waals surface area contributed by atoms with E-state index >= 15 is 0 Å². The van der Waals surface area contributed by atoms with Crippen molar-refractivity contribution in [3.63, 3.8) is 0 Å². The molecule has 0 radical (unpaired) electrons. The fourth-order valence-corrected chi connectivity index (χ4v) is 2.03. The first-order valence-electron chi connectivity index (χ1n) is 5.36. The monoisotopic (exact) mass is 256 g/mol. The van der Waals surface area contributed by atoms with Crippen molar-refractivity contribution in [3.8, 4) is 0 Å². The molecule has 5 nitrogen and oxygen atoms in total. The number of amides is 2. The molecule has 0 aliphatic rings. The number of thiophene rings is 1. The van der Waals surface area contributed by atoms with Crippen molar-refractivity contribution in [2.45, 2.75) is 25.4 Å². The van der Waals surface area contributed by atoms with Crippen molar-refractivity contribution in [2.75, 3.05) is 6.54 Å². The molecule has 0 saturated heterocycles. The topological polar surface area (TPSA) is 92.4 Å². The third-order valence-electron chi connectivity index (χ3n) is 2.23. The van der Waals surface area contributed by atoms with Gasteiger partial charge in [-0.1, -0.05) is 6.07 Å². The number of primary amides is 1. The average molecular weight is 256 g/mol. The molecule has 1 aromatic rings. The third kappa shape index (κ3) is 5.46. The summed E-state index contributed by atoms with van der Waals surface area (Å²) in [5.74, 6) is -1.01. The second-order valence-corrected chi connectivity index (χ2v) is 4.69. The molecule has 1 heterocycles. The van der Waals surface area contributed by atoms with Crippen LogP contribution in [0.5, 0.6) is 0 Å². The molecular weight excluding hydrogens is 240 g/mol. The molecule has 1 rings (SSSR count). The fraction of sp³-hybridized carbons (Fsp3) is 0.455. The van der Waals surface area contributed by atoms with E-state index in [0.717, 1.165) is 12.8 Å². The van der Waals surface area contributed by atoms with E-state index in [1.54, 1.807) is 11.3 Å². The highest BCUT2D eigenvalue weighted by Gasteiger charge is 2.11. The van der Waals surface area contributed by atoms with Gasteiger partial charge in [0.25, 0.3) is 0 Å². The molecule has 0 bridgehead atoms. The summed E-state index contributed by atoms with van der Waals surface area (Å²) in [5, 5.41) is 13.5. The Morgan fingerprint density at radius 2 is 2.29 bits per heavy atom. The summed E-state index contributed by atoms with van der Waals surface area (Å²) >= 11 is 1.66. The molecule has 17 heavy (non-hydrogen) atoms. The van der Waals surface area contributed by atoms with Crippen LogP contribution in [-0.2, 0) is 16.0 Å². The molecule has 0 spiro atoms. The Morgan fingerprint density at radius 3 is 2.88 bits per heavy atom. The Hall–Kier alpha value is -1.40. The van der Waals surface area contributed by atoms with Crippen LogP contribution in [0.15, 0.2) is 17.5 Å². The van der Waals surface area contributed by atoms with Crippen LogP contribution in [0.25, 0.3) is 0 Å². The van der Waals surface area contributed by atoms with Crippen LogP contribution in [0.4, 0.5) is 0 Å². The van der Waals surface area contributed by atoms with E-state index in [2.05, 4.69) is 5.32 Å². The van der Waals surface area contributed by atoms with Gasteiger partial charge in [-0.25, -0.2) is 0 Å². The van der Waals surface area contributed by atoms with Crippen molar-refractivity contribution in [3.05, 3.63) is 22.4 Å². The standard InChI is InChI=1S/C11H16N2O3S/c12-11(16)9(14)7-13-10(15)5-1-3-8-4-2-6-17-8/h2,4,6,9,14H,1,3,5,7H2,(H2,12,16)(H,13,15). The quantitative estimate of drug-likeness (QED) is 0.642. The molecule has 1 aromatic heterocycles. The van der Waals surface area contributed by atoms with Gasteiger partial charge in [0, 0.05) is 11.3 Å². The zero-order valence-electron chi connectivity index (χ0n) is 9.39. The van der Waals surface area contributed by atoms with Crippen LogP contribution in [0, 0.1) is 0 Å². The van der Waals surface area contributed by atoms with Gasteiger partial charge >= 0.3 is 0 Å². The Labute approximate surface area is 104 Å². The predicted molar refractivity (Wildman–Crippen MR) is 65.5 cm³/mol. The van der Waals surface area contributed by atoms with Gasteiger partial charge in [-0.05, 0) is 24.3 Å². The molecular formula is C11H16N2O3S. The van der Waals surface area contributed by atoms with E-state index in [9.17, 15) is 9.59 Å². The predicted octanol–water partition coefficient (Wildman–Crippen LogP) is 0.0332. The van der Waals surface area contributed by atoms with Gasteiger partial charge < -0.3 is 16.2 Å². The summed E-state index contributed by atoms with van der Waals surface area (Å²) in [6.07, 6.45) is 0.683. The number of carbonyl (C=O) groups excluding carboxylic acids is 2. The third-order valence-corrected chi connectivity index (χ3v) is 3.16. The molecule has 1 unspecified atom stereocenters. The maximum atomic E-state index is 11.3. The molecule has 4 N–H and O–H groups in total. The molecule has 0 saturated carbocycles. The highest BCUT2D eigenvalue weighted by Crippen LogP contribution is 2.11. The van der Waals surface area contributed by atoms with Gasteiger partial charge in [0.05, 0.1) is 6.54 Å².